The lowest BCUT2D eigenvalue weighted by molar-refractivity contribution is 0.770. The van der Waals surface area contributed by atoms with E-state index in [0.717, 1.165) is 23.5 Å². The van der Waals surface area contributed by atoms with Gasteiger partial charge in [0.25, 0.3) is 0 Å². The summed E-state index contributed by atoms with van der Waals surface area (Å²) in [7, 11) is 0. The molecule has 2 aromatic heterocycles. The molecule has 0 unspecified atom stereocenters. The Morgan fingerprint density at radius 1 is 1.33 bits per heavy atom. The minimum absolute atomic E-state index is 0.538. The van der Waals surface area contributed by atoms with Gasteiger partial charge in [-0.05, 0) is 25.5 Å². The second-order valence-electron chi connectivity index (χ2n) is 3.42. The molecule has 0 saturated heterocycles. The molecule has 0 atom stereocenters. The SMILES string of the molecule is CCn1ccnc1-c1c(C)ccnc1N. The van der Waals surface area contributed by atoms with Gasteiger partial charge in [-0.2, -0.15) is 0 Å². The maximum atomic E-state index is 5.87. The fraction of sp³-hybridized carbons (Fsp3) is 0.273. The number of hydrogen-bond acceptors (Lipinski definition) is 3. The van der Waals surface area contributed by atoms with Crippen LogP contribution in [0.5, 0.6) is 0 Å². The van der Waals surface area contributed by atoms with Gasteiger partial charge >= 0.3 is 0 Å². The van der Waals surface area contributed by atoms with Crippen molar-refractivity contribution in [3.63, 3.8) is 0 Å². The van der Waals surface area contributed by atoms with Crippen LogP contribution in [0.15, 0.2) is 24.7 Å². The summed E-state index contributed by atoms with van der Waals surface area (Å²) >= 11 is 0. The van der Waals surface area contributed by atoms with Crippen molar-refractivity contribution in [2.75, 3.05) is 5.73 Å². The molecule has 2 heterocycles. The van der Waals surface area contributed by atoms with E-state index >= 15 is 0 Å². The number of hydrogen-bond donors (Lipinski definition) is 1. The van der Waals surface area contributed by atoms with Crippen molar-refractivity contribution in [2.45, 2.75) is 20.4 Å². The van der Waals surface area contributed by atoms with Crippen molar-refractivity contribution in [3.05, 3.63) is 30.2 Å². The molecular weight excluding hydrogens is 188 g/mol. The topological polar surface area (TPSA) is 56.7 Å². The molecule has 0 aromatic carbocycles. The van der Waals surface area contributed by atoms with Crippen LogP contribution in [0, 0.1) is 6.92 Å². The maximum absolute atomic E-state index is 5.87. The second kappa shape index (κ2) is 3.73. The van der Waals surface area contributed by atoms with Gasteiger partial charge in [-0.1, -0.05) is 0 Å². The van der Waals surface area contributed by atoms with Crippen LogP contribution in [0.25, 0.3) is 11.4 Å². The molecule has 78 valence electrons. The van der Waals surface area contributed by atoms with Crippen LogP contribution >= 0.6 is 0 Å². The Bertz CT molecular complexity index is 453. The average molecular weight is 202 g/mol. The molecule has 15 heavy (non-hydrogen) atoms. The van der Waals surface area contributed by atoms with Crippen LogP contribution in [0.2, 0.25) is 0 Å². The summed E-state index contributed by atoms with van der Waals surface area (Å²) in [6.07, 6.45) is 5.44. The molecule has 0 spiro atoms. The van der Waals surface area contributed by atoms with Gasteiger partial charge in [-0.15, -0.1) is 0 Å². The van der Waals surface area contributed by atoms with Gasteiger partial charge in [0.15, 0.2) is 0 Å². The van der Waals surface area contributed by atoms with Crippen molar-refractivity contribution in [2.24, 2.45) is 0 Å². The Balaban J connectivity index is 2.63. The lowest BCUT2D eigenvalue weighted by Gasteiger charge is -2.09. The van der Waals surface area contributed by atoms with Crippen molar-refractivity contribution in [3.8, 4) is 11.4 Å². The molecule has 2 N–H and O–H groups in total. The van der Waals surface area contributed by atoms with E-state index in [1.165, 1.54) is 0 Å². The van der Waals surface area contributed by atoms with E-state index in [0.29, 0.717) is 5.82 Å². The van der Waals surface area contributed by atoms with E-state index in [1.807, 2.05) is 19.2 Å². The highest BCUT2D eigenvalue weighted by molar-refractivity contribution is 5.71. The summed E-state index contributed by atoms with van der Waals surface area (Å²) < 4.78 is 2.06. The fourth-order valence-electron chi connectivity index (χ4n) is 1.66. The lowest BCUT2D eigenvalue weighted by Crippen LogP contribution is -2.02. The molecule has 2 aromatic rings. The number of rotatable bonds is 2. The van der Waals surface area contributed by atoms with E-state index in [4.69, 9.17) is 5.73 Å². The number of aryl methyl sites for hydroxylation is 2. The summed E-state index contributed by atoms with van der Waals surface area (Å²) in [6.45, 7) is 4.97. The molecule has 0 radical (unpaired) electrons. The molecule has 0 aliphatic heterocycles. The Labute approximate surface area is 88.8 Å². The molecule has 0 aliphatic carbocycles. The third-order valence-electron chi connectivity index (χ3n) is 2.47. The minimum Gasteiger partial charge on any atom is -0.383 e. The van der Waals surface area contributed by atoms with Crippen LogP contribution in [-0.4, -0.2) is 14.5 Å². The number of pyridine rings is 1. The molecule has 0 fully saturated rings. The van der Waals surface area contributed by atoms with E-state index in [9.17, 15) is 0 Å². The Morgan fingerprint density at radius 2 is 2.13 bits per heavy atom. The number of nitrogens with zero attached hydrogens (tertiary/aromatic N) is 3. The quantitative estimate of drug-likeness (QED) is 0.808. The first-order valence-corrected chi connectivity index (χ1v) is 4.96. The zero-order valence-electron chi connectivity index (χ0n) is 8.94. The number of nitrogens with two attached hydrogens (primary N) is 1. The van der Waals surface area contributed by atoms with Crippen molar-refractivity contribution >= 4 is 5.82 Å². The Kier molecular flexibility index (Phi) is 2.41. The lowest BCUT2D eigenvalue weighted by atomic mass is 10.1. The largest absolute Gasteiger partial charge is 0.383 e. The third kappa shape index (κ3) is 1.58. The summed E-state index contributed by atoms with van der Waals surface area (Å²) in [5.74, 6) is 1.43. The van der Waals surface area contributed by atoms with Gasteiger partial charge in [0, 0.05) is 25.1 Å². The summed E-state index contributed by atoms with van der Waals surface area (Å²) in [4.78, 5) is 8.42. The molecule has 0 saturated carbocycles. The highest BCUT2D eigenvalue weighted by Gasteiger charge is 2.11. The van der Waals surface area contributed by atoms with Gasteiger partial charge in [0.05, 0.1) is 5.56 Å². The first-order chi connectivity index (χ1) is 7.24. The normalized spacial score (nSPS) is 10.5. The molecule has 0 bridgehead atoms. The van der Waals surface area contributed by atoms with Crippen LogP contribution in [0.1, 0.15) is 12.5 Å². The highest BCUT2D eigenvalue weighted by Crippen LogP contribution is 2.25. The molecule has 4 nitrogen and oxygen atoms in total. The van der Waals surface area contributed by atoms with E-state index in [1.54, 1.807) is 12.4 Å². The zero-order chi connectivity index (χ0) is 10.8. The Hall–Kier alpha value is -1.84. The summed E-state index contributed by atoms with van der Waals surface area (Å²) in [6, 6.07) is 1.94. The number of imidazole rings is 1. The average Bonchev–Trinajstić information content (AvgIpc) is 2.65. The van der Waals surface area contributed by atoms with E-state index in [2.05, 4.69) is 21.5 Å². The van der Waals surface area contributed by atoms with Gasteiger partial charge in [0.2, 0.25) is 0 Å². The van der Waals surface area contributed by atoms with Gasteiger partial charge in [0.1, 0.15) is 11.6 Å². The summed E-state index contributed by atoms with van der Waals surface area (Å²) in [5, 5.41) is 0. The number of nitrogen functional groups attached to an aromatic ring is 1. The van der Waals surface area contributed by atoms with Gasteiger partial charge < -0.3 is 10.3 Å². The predicted molar refractivity (Wildman–Crippen MR) is 60.3 cm³/mol. The van der Waals surface area contributed by atoms with Crippen LogP contribution in [0.3, 0.4) is 0 Å². The molecular formula is C11H14N4. The third-order valence-corrected chi connectivity index (χ3v) is 2.47. The Morgan fingerprint density at radius 3 is 2.80 bits per heavy atom. The molecule has 2 rings (SSSR count). The van der Waals surface area contributed by atoms with Crippen molar-refractivity contribution < 1.29 is 0 Å². The van der Waals surface area contributed by atoms with Crippen LogP contribution < -0.4 is 5.73 Å². The van der Waals surface area contributed by atoms with Crippen molar-refractivity contribution in [1.82, 2.24) is 14.5 Å². The molecule has 0 aliphatic rings. The smallest absolute Gasteiger partial charge is 0.143 e. The molecule has 0 amide bonds. The standard InChI is InChI=1S/C11H14N4/c1-3-15-7-6-14-11(15)9-8(2)4-5-13-10(9)12/h4-7H,3H2,1-2H3,(H2,12,13). The number of anilines is 1. The summed E-state index contributed by atoms with van der Waals surface area (Å²) in [5.41, 5.74) is 7.91. The van der Waals surface area contributed by atoms with E-state index < -0.39 is 0 Å². The first-order valence-electron chi connectivity index (χ1n) is 4.96. The fourth-order valence-corrected chi connectivity index (χ4v) is 1.66. The highest BCUT2D eigenvalue weighted by atomic mass is 15.1. The van der Waals surface area contributed by atoms with Gasteiger partial charge in [-0.3, -0.25) is 0 Å². The predicted octanol–water partition coefficient (Wildman–Crippen LogP) is 1.86. The van der Waals surface area contributed by atoms with E-state index in [-0.39, 0.29) is 0 Å². The van der Waals surface area contributed by atoms with Crippen molar-refractivity contribution in [1.29, 1.82) is 0 Å². The monoisotopic (exact) mass is 202 g/mol. The second-order valence-corrected chi connectivity index (χ2v) is 3.42. The number of aromatic nitrogens is 3. The minimum atomic E-state index is 0.538. The first kappa shape index (κ1) is 9.71. The van der Waals surface area contributed by atoms with Crippen LogP contribution in [-0.2, 0) is 6.54 Å². The molecule has 4 heteroatoms. The van der Waals surface area contributed by atoms with Gasteiger partial charge in [-0.25, -0.2) is 9.97 Å². The maximum Gasteiger partial charge on any atom is 0.143 e. The zero-order valence-corrected chi connectivity index (χ0v) is 8.94. The van der Waals surface area contributed by atoms with Crippen LogP contribution in [0.4, 0.5) is 5.82 Å².